The molecule has 140 valence electrons. The van der Waals surface area contributed by atoms with E-state index in [1.54, 1.807) is 7.11 Å². The van der Waals surface area contributed by atoms with Gasteiger partial charge < -0.3 is 21.1 Å². The summed E-state index contributed by atoms with van der Waals surface area (Å²) in [5, 5.41) is 9.54. The number of allylic oxidation sites excluding steroid dienone is 4. The molecule has 2 aromatic rings. The van der Waals surface area contributed by atoms with Gasteiger partial charge in [0.15, 0.2) is 0 Å². The molecule has 5 nitrogen and oxygen atoms in total. The van der Waals surface area contributed by atoms with E-state index in [0.29, 0.717) is 6.54 Å². The van der Waals surface area contributed by atoms with Crippen molar-refractivity contribution < 1.29 is 4.74 Å². The number of aromatic nitrogens is 1. The van der Waals surface area contributed by atoms with Crippen molar-refractivity contribution in [3.05, 3.63) is 58.6 Å². The first kappa shape index (κ1) is 17.6. The lowest BCUT2D eigenvalue weighted by Gasteiger charge is -2.28. The minimum atomic E-state index is 0.670. The highest BCUT2D eigenvalue weighted by Crippen LogP contribution is 2.45. The summed E-state index contributed by atoms with van der Waals surface area (Å²) in [6.45, 7) is 5.86. The molecule has 1 aromatic heterocycles. The summed E-state index contributed by atoms with van der Waals surface area (Å²) >= 11 is 0. The summed E-state index contributed by atoms with van der Waals surface area (Å²) in [6, 6.07) is 2.10. The highest BCUT2D eigenvalue weighted by atomic mass is 16.5. The minimum absolute atomic E-state index is 0.670. The molecule has 0 atom stereocenters. The monoisotopic (exact) mass is 362 g/mol. The van der Waals surface area contributed by atoms with Crippen LogP contribution in [0, 0.1) is 13.8 Å². The number of hydrogen-bond donors (Lipinski definition) is 3. The number of benzene rings is 1. The van der Waals surface area contributed by atoms with Gasteiger partial charge in [-0.3, -0.25) is 0 Å². The second-order valence-corrected chi connectivity index (χ2v) is 7.09. The van der Waals surface area contributed by atoms with Crippen LogP contribution in [0.3, 0.4) is 0 Å². The average molecular weight is 362 g/mol. The summed E-state index contributed by atoms with van der Waals surface area (Å²) < 4.78 is 5.52. The van der Waals surface area contributed by atoms with Crippen molar-refractivity contribution in [1.29, 1.82) is 0 Å². The Hall–Kier alpha value is -2.79. The van der Waals surface area contributed by atoms with Crippen LogP contribution in [0.1, 0.15) is 29.5 Å². The van der Waals surface area contributed by atoms with Crippen molar-refractivity contribution in [3.8, 4) is 0 Å². The fourth-order valence-corrected chi connectivity index (χ4v) is 4.04. The number of fused-ring (bicyclic) bond motifs is 5. The van der Waals surface area contributed by atoms with Gasteiger partial charge in [0.2, 0.25) is 0 Å². The average Bonchev–Trinajstić information content (AvgIpc) is 2.84. The van der Waals surface area contributed by atoms with Gasteiger partial charge in [-0.05, 0) is 73.2 Å². The van der Waals surface area contributed by atoms with Crippen LogP contribution >= 0.6 is 0 Å². The van der Waals surface area contributed by atoms with Gasteiger partial charge in [0.1, 0.15) is 11.6 Å². The van der Waals surface area contributed by atoms with Crippen molar-refractivity contribution in [2.24, 2.45) is 5.73 Å². The lowest BCUT2D eigenvalue weighted by molar-refractivity contribution is 0.307. The lowest BCUT2D eigenvalue weighted by atomic mass is 9.85. The fourth-order valence-electron chi connectivity index (χ4n) is 4.04. The standard InChI is InChI=1S/C22H26N4O/c1-13-18-7-10-25-22(24-9-4-8-23)20(18)14(2)19-15-11-16(26-21(13)19)5-6-17(12-15)27-3/h5-7,10,12,26H,4,8-9,11,23H2,1-3H3,(H,24,25). The number of nitrogens with zero attached hydrogens (tertiary/aromatic N) is 1. The molecule has 0 spiro atoms. The van der Waals surface area contributed by atoms with Gasteiger partial charge in [-0.25, -0.2) is 4.98 Å². The van der Waals surface area contributed by atoms with Crippen LogP contribution < -0.4 is 16.4 Å². The van der Waals surface area contributed by atoms with Crippen molar-refractivity contribution >= 4 is 27.9 Å². The van der Waals surface area contributed by atoms with E-state index in [1.807, 2.05) is 12.3 Å². The van der Waals surface area contributed by atoms with Crippen LogP contribution in [0.2, 0.25) is 0 Å². The van der Waals surface area contributed by atoms with Gasteiger partial charge in [0.25, 0.3) is 0 Å². The molecule has 4 rings (SSSR count). The summed E-state index contributed by atoms with van der Waals surface area (Å²) in [6.07, 6.45) is 9.95. The molecule has 0 radical (unpaired) electrons. The topological polar surface area (TPSA) is 72.2 Å². The molecule has 1 aliphatic heterocycles. The van der Waals surface area contributed by atoms with Crippen LogP contribution in [-0.4, -0.2) is 25.2 Å². The SMILES string of the molecule is COC1=CC=C2CC(=C1)c1c(c(C)c3ccnc(NCCCN)c3c1C)N2. The van der Waals surface area contributed by atoms with E-state index >= 15 is 0 Å². The van der Waals surface area contributed by atoms with Crippen LogP contribution in [0.25, 0.3) is 16.3 Å². The van der Waals surface area contributed by atoms with Crippen LogP contribution in [0.15, 0.2) is 41.9 Å². The molecule has 2 bridgehead atoms. The van der Waals surface area contributed by atoms with Gasteiger partial charge in [-0.2, -0.15) is 0 Å². The van der Waals surface area contributed by atoms with E-state index in [2.05, 4.69) is 47.7 Å². The zero-order valence-electron chi connectivity index (χ0n) is 16.1. The van der Waals surface area contributed by atoms with E-state index in [0.717, 1.165) is 31.0 Å². The Morgan fingerprint density at radius 1 is 1.26 bits per heavy atom. The molecule has 0 saturated carbocycles. The number of pyridine rings is 1. The third-order valence-electron chi connectivity index (χ3n) is 5.39. The predicted molar refractivity (Wildman–Crippen MR) is 113 cm³/mol. The maximum Gasteiger partial charge on any atom is 0.134 e. The molecule has 0 fully saturated rings. The first-order valence-corrected chi connectivity index (χ1v) is 9.42. The molecular weight excluding hydrogens is 336 g/mol. The molecule has 1 aliphatic carbocycles. The molecular formula is C22H26N4O. The molecule has 4 N–H and O–H groups in total. The Bertz CT molecular complexity index is 1000. The predicted octanol–water partition coefficient (Wildman–Crippen LogP) is 4.24. The quantitative estimate of drug-likeness (QED) is 0.694. The van der Waals surface area contributed by atoms with Gasteiger partial charge in [0.05, 0.1) is 7.11 Å². The van der Waals surface area contributed by atoms with E-state index in [9.17, 15) is 0 Å². The Kier molecular flexibility index (Phi) is 4.62. The van der Waals surface area contributed by atoms with Crippen LogP contribution in [-0.2, 0) is 4.74 Å². The maximum atomic E-state index is 5.65. The summed E-state index contributed by atoms with van der Waals surface area (Å²) in [5.41, 5.74) is 13.1. The van der Waals surface area contributed by atoms with Crippen molar-refractivity contribution in [1.82, 2.24) is 4.98 Å². The van der Waals surface area contributed by atoms with Crippen molar-refractivity contribution in [2.75, 3.05) is 30.8 Å². The first-order chi connectivity index (χ1) is 13.1. The molecule has 0 unspecified atom stereocenters. The minimum Gasteiger partial charge on any atom is -0.497 e. The zero-order valence-corrected chi connectivity index (χ0v) is 16.1. The fraction of sp³-hybridized carbons (Fsp3) is 0.318. The van der Waals surface area contributed by atoms with E-state index in [-0.39, 0.29) is 0 Å². The van der Waals surface area contributed by atoms with Gasteiger partial charge in [-0.15, -0.1) is 0 Å². The number of nitrogens with two attached hydrogens (primary N) is 1. The largest absolute Gasteiger partial charge is 0.497 e. The molecule has 2 heterocycles. The number of aryl methyl sites for hydroxylation is 2. The first-order valence-electron chi connectivity index (χ1n) is 9.42. The highest BCUT2D eigenvalue weighted by molar-refractivity contribution is 6.05. The van der Waals surface area contributed by atoms with E-state index in [4.69, 9.17) is 10.5 Å². The Morgan fingerprint density at radius 2 is 2.11 bits per heavy atom. The molecule has 2 aliphatic rings. The second kappa shape index (κ2) is 7.08. The number of methoxy groups -OCH3 is 1. The van der Waals surface area contributed by atoms with Gasteiger partial charge in [-0.1, -0.05) is 0 Å². The zero-order chi connectivity index (χ0) is 19.0. The lowest BCUT2D eigenvalue weighted by Crippen LogP contribution is -2.14. The number of nitrogens with one attached hydrogen (secondary N) is 2. The third kappa shape index (κ3) is 2.98. The van der Waals surface area contributed by atoms with E-state index in [1.165, 1.54) is 44.4 Å². The van der Waals surface area contributed by atoms with Crippen LogP contribution in [0.4, 0.5) is 11.5 Å². The smallest absolute Gasteiger partial charge is 0.134 e. The maximum absolute atomic E-state index is 5.65. The molecule has 0 saturated heterocycles. The van der Waals surface area contributed by atoms with Crippen LogP contribution in [0.5, 0.6) is 0 Å². The Labute approximate surface area is 160 Å². The summed E-state index contributed by atoms with van der Waals surface area (Å²) in [7, 11) is 1.72. The number of anilines is 2. The van der Waals surface area contributed by atoms with Gasteiger partial charge in [0, 0.05) is 41.5 Å². The molecule has 0 amide bonds. The third-order valence-corrected chi connectivity index (χ3v) is 5.39. The van der Waals surface area contributed by atoms with Crippen molar-refractivity contribution in [3.63, 3.8) is 0 Å². The Morgan fingerprint density at radius 3 is 2.89 bits per heavy atom. The Balaban J connectivity index is 1.95. The summed E-state index contributed by atoms with van der Waals surface area (Å²) in [4.78, 5) is 4.62. The number of ether oxygens (including phenoxy) is 1. The summed E-state index contributed by atoms with van der Waals surface area (Å²) in [5.74, 6) is 1.81. The second-order valence-electron chi connectivity index (χ2n) is 7.09. The number of hydrogen-bond acceptors (Lipinski definition) is 5. The molecule has 27 heavy (non-hydrogen) atoms. The molecule has 5 heteroatoms. The molecule has 1 aromatic carbocycles. The van der Waals surface area contributed by atoms with E-state index < -0.39 is 0 Å². The highest BCUT2D eigenvalue weighted by Gasteiger charge is 2.26. The number of rotatable bonds is 5. The normalized spacial score (nSPS) is 15.2. The van der Waals surface area contributed by atoms with Crippen molar-refractivity contribution in [2.45, 2.75) is 26.7 Å². The van der Waals surface area contributed by atoms with Gasteiger partial charge >= 0.3 is 0 Å².